The lowest BCUT2D eigenvalue weighted by Crippen LogP contribution is -2.28. The van der Waals surface area contributed by atoms with E-state index in [9.17, 15) is 13.2 Å². The molecule has 0 radical (unpaired) electrons. The molecule has 2 N–H and O–H groups in total. The number of carboxylic acids is 1. The second kappa shape index (κ2) is 6.15. The van der Waals surface area contributed by atoms with Crippen molar-refractivity contribution in [3.63, 3.8) is 0 Å². The molecule has 0 saturated carbocycles. The van der Waals surface area contributed by atoms with Crippen molar-refractivity contribution in [1.29, 1.82) is 0 Å². The van der Waals surface area contributed by atoms with Gasteiger partial charge in [-0.05, 0) is 25.7 Å². The van der Waals surface area contributed by atoms with Crippen LogP contribution in [0.4, 0.5) is 0 Å². The highest BCUT2D eigenvalue weighted by Gasteiger charge is 2.25. The van der Waals surface area contributed by atoms with Crippen LogP contribution in [-0.4, -0.2) is 35.8 Å². The number of rotatable bonds is 6. The number of aromatic nitrogens is 2. The van der Waals surface area contributed by atoms with Crippen LogP contribution in [0.15, 0.2) is 4.90 Å². The van der Waals surface area contributed by atoms with Gasteiger partial charge in [-0.25, -0.2) is 13.1 Å². The number of nitrogens with zero attached hydrogens (tertiary/aromatic N) is 2. The molecule has 0 bridgehead atoms. The predicted molar refractivity (Wildman–Crippen MR) is 78.6 cm³/mol. The second-order valence-electron chi connectivity index (χ2n) is 6.26. The molecule has 0 fully saturated rings. The Kier molecular flexibility index (Phi) is 5.16. The van der Waals surface area contributed by atoms with Gasteiger partial charge in [0.25, 0.3) is 0 Å². The summed E-state index contributed by atoms with van der Waals surface area (Å²) in [5, 5.41) is 12.8. The molecule has 1 heterocycles. The zero-order valence-corrected chi connectivity index (χ0v) is 13.9. The van der Waals surface area contributed by atoms with Crippen LogP contribution in [-0.2, 0) is 21.4 Å². The molecular formula is C13H23N3O4S. The highest BCUT2D eigenvalue weighted by atomic mass is 32.2. The van der Waals surface area contributed by atoms with Crippen LogP contribution in [0.25, 0.3) is 0 Å². The Morgan fingerprint density at radius 1 is 1.33 bits per heavy atom. The Bertz CT molecular complexity index is 627. The average Bonchev–Trinajstić information content (AvgIpc) is 2.50. The molecule has 0 aliphatic rings. The van der Waals surface area contributed by atoms with E-state index in [1.807, 2.05) is 20.8 Å². The van der Waals surface area contributed by atoms with Gasteiger partial charge < -0.3 is 5.11 Å². The van der Waals surface area contributed by atoms with Crippen LogP contribution >= 0.6 is 0 Å². The highest BCUT2D eigenvalue weighted by Crippen LogP contribution is 2.21. The number of sulfonamides is 1. The topological polar surface area (TPSA) is 101 Å². The lowest BCUT2D eigenvalue weighted by molar-refractivity contribution is -0.137. The summed E-state index contributed by atoms with van der Waals surface area (Å²) in [5.41, 5.74) is 0.662. The van der Waals surface area contributed by atoms with Gasteiger partial charge in [-0.2, -0.15) is 5.10 Å². The van der Waals surface area contributed by atoms with Gasteiger partial charge in [0.1, 0.15) is 11.4 Å². The maximum atomic E-state index is 12.3. The molecule has 0 amide bonds. The normalized spacial score (nSPS) is 12.6. The van der Waals surface area contributed by atoms with Crippen molar-refractivity contribution in [1.82, 2.24) is 14.5 Å². The molecule has 1 rings (SSSR count). The van der Waals surface area contributed by atoms with E-state index in [0.717, 1.165) is 0 Å². The van der Waals surface area contributed by atoms with Gasteiger partial charge in [0, 0.05) is 6.54 Å². The quantitative estimate of drug-likeness (QED) is 0.823. The smallest absolute Gasteiger partial charge is 0.325 e. The first-order valence-corrected chi connectivity index (χ1v) is 8.18. The maximum Gasteiger partial charge on any atom is 0.325 e. The zero-order chi connectivity index (χ0) is 16.4. The third-order valence-corrected chi connectivity index (χ3v) is 4.75. The molecular weight excluding hydrogens is 294 g/mol. The first-order valence-electron chi connectivity index (χ1n) is 6.69. The molecule has 21 heavy (non-hydrogen) atoms. The van der Waals surface area contributed by atoms with Crippen molar-refractivity contribution in [3.8, 4) is 0 Å². The number of hydrogen-bond acceptors (Lipinski definition) is 4. The lowest BCUT2D eigenvalue weighted by Gasteiger charge is -2.18. The van der Waals surface area contributed by atoms with E-state index < -0.39 is 16.0 Å². The number of hydrogen-bond donors (Lipinski definition) is 2. The summed E-state index contributed by atoms with van der Waals surface area (Å²) < 4.78 is 28.4. The first-order chi connectivity index (χ1) is 9.44. The van der Waals surface area contributed by atoms with E-state index in [1.165, 1.54) is 4.68 Å². The van der Waals surface area contributed by atoms with E-state index in [2.05, 4.69) is 9.82 Å². The summed E-state index contributed by atoms with van der Waals surface area (Å²) in [6.45, 7) is 9.18. The fourth-order valence-corrected chi connectivity index (χ4v) is 3.42. The van der Waals surface area contributed by atoms with Crippen molar-refractivity contribution in [2.24, 2.45) is 5.41 Å². The lowest BCUT2D eigenvalue weighted by atomic mass is 9.93. The molecule has 0 aliphatic carbocycles. The number of nitrogens with one attached hydrogen (secondary N) is 1. The summed E-state index contributed by atoms with van der Waals surface area (Å²) in [6, 6.07) is 0. The van der Waals surface area contributed by atoms with Crippen molar-refractivity contribution < 1.29 is 18.3 Å². The average molecular weight is 317 g/mol. The molecule has 0 aromatic carbocycles. The van der Waals surface area contributed by atoms with Gasteiger partial charge in [0.2, 0.25) is 10.0 Å². The zero-order valence-electron chi connectivity index (χ0n) is 13.1. The van der Waals surface area contributed by atoms with Gasteiger partial charge in [-0.3, -0.25) is 9.48 Å². The largest absolute Gasteiger partial charge is 0.480 e. The van der Waals surface area contributed by atoms with Crippen LogP contribution in [0.1, 0.15) is 38.6 Å². The second-order valence-corrected chi connectivity index (χ2v) is 7.96. The van der Waals surface area contributed by atoms with E-state index in [0.29, 0.717) is 24.4 Å². The van der Waals surface area contributed by atoms with E-state index in [4.69, 9.17) is 5.11 Å². The summed E-state index contributed by atoms with van der Waals surface area (Å²) in [5.74, 6) is -1.06. The van der Waals surface area contributed by atoms with Crippen LogP contribution in [0.2, 0.25) is 0 Å². The molecule has 1 aromatic heterocycles. The molecule has 7 nitrogen and oxygen atoms in total. The van der Waals surface area contributed by atoms with Gasteiger partial charge in [0.05, 0.1) is 11.4 Å². The monoisotopic (exact) mass is 317 g/mol. The van der Waals surface area contributed by atoms with Crippen molar-refractivity contribution in [2.45, 2.75) is 52.5 Å². The molecule has 120 valence electrons. The van der Waals surface area contributed by atoms with Crippen LogP contribution in [0.3, 0.4) is 0 Å². The summed E-state index contributed by atoms with van der Waals surface area (Å²) in [6.07, 6.45) is 0.702. The fourth-order valence-electron chi connectivity index (χ4n) is 1.98. The minimum atomic E-state index is -3.69. The Morgan fingerprint density at radius 3 is 2.38 bits per heavy atom. The summed E-state index contributed by atoms with van der Waals surface area (Å²) in [7, 11) is -3.69. The third kappa shape index (κ3) is 4.82. The molecule has 8 heteroatoms. The number of carboxylic acid groups (broad SMARTS) is 1. The maximum absolute atomic E-state index is 12.3. The summed E-state index contributed by atoms with van der Waals surface area (Å²) in [4.78, 5) is 10.8. The van der Waals surface area contributed by atoms with Gasteiger partial charge >= 0.3 is 5.97 Å². The van der Waals surface area contributed by atoms with Crippen molar-refractivity contribution >= 4 is 16.0 Å². The SMILES string of the molecule is Cc1nn(CC(=O)O)c(C)c1S(=O)(=O)NCCC(C)(C)C. The minimum Gasteiger partial charge on any atom is -0.480 e. The Labute approximate surface area is 125 Å². The number of aryl methyl sites for hydroxylation is 1. The standard InChI is InChI=1S/C13H23N3O4S/c1-9-12(10(2)16(15-9)8-11(17)18)21(19,20)14-7-6-13(3,4)5/h14H,6-8H2,1-5H3,(H,17,18). The molecule has 0 unspecified atom stereocenters. The number of carbonyl (C=O) groups is 1. The fraction of sp³-hybridized carbons (Fsp3) is 0.692. The Balaban J connectivity index is 2.98. The van der Waals surface area contributed by atoms with Crippen molar-refractivity contribution in [3.05, 3.63) is 11.4 Å². The van der Waals surface area contributed by atoms with Gasteiger partial charge in [0.15, 0.2) is 0 Å². The van der Waals surface area contributed by atoms with E-state index in [1.54, 1.807) is 13.8 Å². The Hall–Kier alpha value is -1.41. The molecule has 0 saturated heterocycles. The molecule has 0 aliphatic heterocycles. The van der Waals surface area contributed by atoms with E-state index in [-0.39, 0.29) is 16.9 Å². The van der Waals surface area contributed by atoms with E-state index >= 15 is 0 Å². The van der Waals surface area contributed by atoms with Crippen LogP contribution in [0.5, 0.6) is 0 Å². The molecule has 0 atom stereocenters. The van der Waals surface area contributed by atoms with Crippen LogP contribution in [0, 0.1) is 19.3 Å². The van der Waals surface area contributed by atoms with Gasteiger partial charge in [-0.15, -0.1) is 0 Å². The third-order valence-electron chi connectivity index (χ3n) is 3.04. The van der Waals surface area contributed by atoms with Crippen LogP contribution < -0.4 is 4.72 Å². The number of aliphatic carboxylic acids is 1. The Morgan fingerprint density at radius 2 is 1.90 bits per heavy atom. The summed E-state index contributed by atoms with van der Waals surface area (Å²) >= 11 is 0. The highest BCUT2D eigenvalue weighted by molar-refractivity contribution is 7.89. The predicted octanol–water partition coefficient (Wildman–Crippen LogP) is 1.30. The minimum absolute atomic E-state index is 0.0279. The van der Waals surface area contributed by atoms with Crippen molar-refractivity contribution in [2.75, 3.05) is 6.54 Å². The first kappa shape index (κ1) is 17.6. The molecule has 1 aromatic rings. The molecule has 0 spiro atoms. The van der Waals surface area contributed by atoms with Gasteiger partial charge in [-0.1, -0.05) is 20.8 Å².